The molecular formula is C26H25ClN2O2. The third-order valence-corrected chi connectivity index (χ3v) is 5.95. The Balaban J connectivity index is 1.61. The number of aromatic carboxylic acids is 1. The molecule has 0 bridgehead atoms. The number of aryl methyl sites for hydroxylation is 1. The highest BCUT2D eigenvalue weighted by Crippen LogP contribution is 2.29. The molecule has 0 fully saturated rings. The van der Waals surface area contributed by atoms with Crippen molar-refractivity contribution in [2.75, 3.05) is 6.54 Å². The highest BCUT2D eigenvalue weighted by Gasteiger charge is 2.22. The molecule has 31 heavy (non-hydrogen) atoms. The monoisotopic (exact) mass is 432 g/mol. The number of fused-ring (bicyclic) bond motifs is 1. The van der Waals surface area contributed by atoms with Gasteiger partial charge in [0.1, 0.15) is 5.69 Å². The van der Waals surface area contributed by atoms with Gasteiger partial charge < -0.3 is 15.0 Å². The van der Waals surface area contributed by atoms with Crippen molar-refractivity contribution < 1.29 is 9.90 Å². The molecule has 0 amide bonds. The minimum atomic E-state index is -0.932. The van der Waals surface area contributed by atoms with Crippen molar-refractivity contribution in [3.05, 3.63) is 106 Å². The smallest absolute Gasteiger partial charge is 0.352 e. The van der Waals surface area contributed by atoms with Crippen LogP contribution in [0.2, 0.25) is 5.02 Å². The highest BCUT2D eigenvalue weighted by molar-refractivity contribution is 6.31. The van der Waals surface area contributed by atoms with Crippen molar-refractivity contribution in [1.82, 2.24) is 9.88 Å². The number of halogens is 1. The molecular weight excluding hydrogens is 408 g/mol. The molecule has 0 aliphatic carbocycles. The summed E-state index contributed by atoms with van der Waals surface area (Å²) in [6.07, 6.45) is 0.890. The second kappa shape index (κ2) is 9.38. The number of carboxylic acid groups (broad SMARTS) is 1. The lowest BCUT2D eigenvalue weighted by molar-refractivity contribution is 0.0684. The minimum Gasteiger partial charge on any atom is -0.477 e. The fraction of sp³-hybridized carbons (Fsp3) is 0.192. The normalized spacial score (nSPS) is 11.2. The zero-order chi connectivity index (χ0) is 21.8. The van der Waals surface area contributed by atoms with E-state index in [1.54, 1.807) is 0 Å². The summed E-state index contributed by atoms with van der Waals surface area (Å²) in [7, 11) is 0. The molecule has 5 heteroatoms. The molecule has 4 aromatic rings. The third kappa shape index (κ3) is 4.66. The predicted molar refractivity (Wildman–Crippen MR) is 126 cm³/mol. The lowest BCUT2D eigenvalue weighted by atomic mass is 10.1. The first-order chi connectivity index (χ1) is 15.0. The van der Waals surface area contributed by atoms with E-state index in [4.69, 9.17) is 11.6 Å². The standard InChI is InChI=1S/C26H25ClN2O2/c1-18-10-12-19(13-11-18)14-15-28-16-22-21-7-3-5-9-24(21)29(25(22)26(30)31)17-20-6-2-4-8-23(20)27/h2-13,28H,14-17H2,1H3,(H,30,31). The Morgan fingerprint density at radius 2 is 1.71 bits per heavy atom. The van der Waals surface area contributed by atoms with Gasteiger partial charge in [0.25, 0.3) is 0 Å². The van der Waals surface area contributed by atoms with Crippen molar-refractivity contribution >= 4 is 28.5 Å². The summed E-state index contributed by atoms with van der Waals surface area (Å²) in [6, 6.07) is 23.9. The van der Waals surface area contributed by atoms with Gasteiger partial charge in [0.2, 0.25) is 0 Å². The van der Waals surface area contributed by atoms with Gasteiger partial charge in [-0.2, -0.15) is 0 Å². The van der Waals surface area contributed by atoms with Crippen LogP contribution in [0.5, 0.6) is 0 Å². The summed E-state index contributed by atoms with van der Waals surface area (Å²) in [5.74, 6) is -0.932. The van der Waals surface area contributed by atoms with Gasteiger partial charge in [0.05, 0.1) is 0 Å². The molecule has 0 radical (unpaired) electrons. The number of benzene rings is 3. The number of carbonyl (C=O) groups is 1. The fourth-order valence-corrected chi connectivity index (χ4v) is 4.16. The van der Waals surface area contributed by atoms with E-state index in [1.807, 2.05) is 53.1 Å². The van der Waals surface area contributed by atoms with E-state index in [0.717, 1.165) is 35.0 Å². The van der Waals surface area contributed by atoms with E-state index < -0.39 is 5.97 Å². The number of carboxylic acids is 1. The second-order valence-electron chi connectivity index (χ2n) is 7.74. The molecule has 1 heterocycles. The van der Waals surface area contributed by atoms with Gasteiger partial charge in [-0.15, -0.1) is 0 Å². The number of nitrogens with zero attached hydrogens (tertiary/aromatic N) is 1. The number of aromatic nitrogens is 1. The molecule has 0 unspecified atom stereocenters. The summed E-state index contributed by atoms with van der Waals surface area (Å²) in [6.45, 7) is 3.74. The molecule has 158 valence electrons. The molecule has 0 atom stereocenters. The van der Waals surface area contributed by atoms with Crippen LogP contribution in [0.25, 0.3) is 10.9 Å². The Kier molecular flexibility index (Phi) is 6.40. The van der Waals surface area contributed by atoms with E-state index in [1.165, 1.54) is 11.1 Å². The fourth-order valence-electron chi connectivity index (χ4n) is 3.96. The summed E-state index contributed by atoms with van der Waals surface area (Å²) in [4.78, 5) is 12.3. The first-order valence-corrected chi connectivity index (χ1v) is 10.8. The summed E-state index contributed by atoms with van der Waals surface area (Å²) >= 11 is 6.36. The van der Waals surface area contributed by atoms with E-state index in [0.29, 0.717) is 23.8 Å². The van der Waals surface area contributed by atoms with Crippen LogP contribution in [-0.2, 0) is 19.5 Å². The van der Waals surface area contributed by atoms with Crippen molar-refractivity contribution in [1.29, 1.82) is 0 Å². The Morgan fingerprint density at radius 3 is 2.45 bits per heavy atom. The molecule has 0 spiro atoms. The maximum absolute atomic E-state index is 12.3. The first-order valence-electron chi connectivity index (χ1n) is 10.4. The topological polar surface area (TPSA) is 54.3 Å². The van der Waals surface area contributed by atoms with Gasteiger partial charge >= 0.3 is 5.97 Å². The second-order valence-corrected chi connectivity index (χ2v) is 8.15. The van der Waals surface area contributed by atoms with Crippen molar-refractivity contribution in [3.63, 3.8) is 0 Å². The van der Waals surface area contributed by atoms with Crippen molar-refractivity contribution in [3.8, 4) is 0 Å². The van der Waals surface area contributed by atoms with Gasteiger partial charge in [-0.1, -0.05) is 77.8 Å². The summed E-state index contributed by atoms with van der Waals surface area (Å²) < 4.78 is 1.86. The van der Waals surface area contributed by atoms with Crippen molar-refractivity contribution in [2.24, 2.45) is 0 Å². The average Bonchev–Trinajstić information content (AvgIpc) is 3.08. The van der Waals surface area contributed by atoms with E-state index >= 15 is 0 Å². The lowest BCUT2D eigenvalue weighted by Gasteiger charge is -2.11. The van der Waals surface area contributed by atoms with Crippen LogP contribution in [0.4, 0.5) is 0 Å². The Bertz CT molecular complexity index is 1210. The maximum atomic E-state index is 12.3. The zero-order valence-corrected chi connectivity index (χ0v) is 18.2. The molecule has 0 aliphatic heterocycles. The SMILES string of the molecule is Cc1ccc(CCNCc2c(C(=O)O)n(Cc3ccccc3Cl)c3ccccc23)cc1. The van der Waals surface area contributed by atoms with E-state index in [2.05, 4.69) is 36.5 Å². The quantitative estimate of drug-likeness (QED) is 0.352. The Morgan fingerprint density at radius 1 is 1.00 bits per heavy atom. The van der Waals surface area contributed by atoms with Gasteiger partial charge in [-0.3, -0.25) is 0 Å². The maximum Gasteiger partial charge on any atom is 0.352 e. The van der Waals surface area contributed by atoms with Crippen LogP contribution >= 0.6 is 11.6 Å². The van der Waals surface area contributed by atoms with Crippen LogP contribution in [0.3, 0.4) is 0 Å². The van der Waals surface area contributed by atoms with Gasteiger partial charge in [0, 0.05) is 34.6 Å². The van der Waals surface area contributed by atoms with Crippen LogP contribution in [0.1, 0.15) is 32.7 Å². The molecule has 4 rings (SSSR count). The molecule has 0 aliphatic rings. The third-order valence-electron chi connectivity index (χ3n) is 5.58. The predicted octanol–water partition coefficient (Wildman–Crippen LogP) is 5.68. The van der Waals surface area contributed by atoms with Crippen LogP contribution in [0.15, 0.2) is 72.8 Å². The van der Waals surface area contributed by atoms with E-state index in [-0.39, 0.29) is 0 Å². The highest BCUT2D eigenvalue weighted by atomic mass is 35.5. The van der Waals surface area contributed by atoms with Crippen LogP contribution in [-0.4, -0.2) is 22.2 Å². The average molecular weight is 433 g/mol. The van der Waals surface area contributed by atoms with E-state index in [9.17, 15) is 9.90 Å². The van der Waals surface area contributed by atoms with Crippen molar-refractivity contribution in [2.45, 2.75) is 26.4 Å². The molecule has 4 nitrogen and oxygen atoms in total. The molecule has 2 N–H and O–H groups in total. The van der Waals surface area contributed by atoms with Gasteiger partial charge in [0.15, 0.2) is 0 Å². The number of para-hydroxylation sites is 1. The van der Waals surface area contributed by atoms with Crippen LogP contribution < -0.4 is 5.32 Å². The molecule has 0 saturated heterocycles. The largest absolute Gasteiger partial charge is 0.477 e. The molecule has 3 aromatic carbocycles. The first kappa shape index (κ1) is 21.2. The van der Waals surface area contributed by atoms with Crippen LogP contribution in [0, 0.1) is 6.92 Å². The Hall–Kier alpha value is -3.08. The number of hydrogen-bond donors (Lipinski definition) is 2. The molecule has 1 aromatic heterocycles. The minimum absolute atomic E-state index is 0.309. The molecule has 0 saturated carbocycles. The summed E-state index contributed by atoms with van der Waals surface area (Å²) in [5, 5.41) is 15.1. The number of hydrogen-bond acceptors (Lipinski definition) is 2. The zero-order valence-electron chi connectivity index (χ0n) is 17.4. The van der Waals surface area contributed by atoms with Gasteiger partial charge in [-0.25, -0.2) is 4.79 Å². The lowest BCUT2D eigenvalue weighted by Crippen LogP contribution is -2.19. The van der Waals surface area contributed by atoms with Gasteiger partial charge in [-0.05, 0) is 43.1 Å². The number of nitrogens with one attached hydrogen (secondary N) is 1. The number of rotatable bonds is 8. The Labute approximate surface area is 187 Å². The summed E-state index contributed by atoms with van der Waals surface area (Å²) in [5.41, 5.74) is 5.41.